The summed E-state index contributed by atoms with van der Waals surface area (Å²) in [6.07, 6.45) is 0.810. The van der Waals surface area contributed by atoms with Crippen LogP contribution in [0.3, 0.4) is 0 Å². The Labute approximate surface area is 194 Å². The van der Waals surface area contributed by atoms with E-state index in [4.69, 9.17) is 16.0 Å². The summed E-state index contributed by atoms with van der Waals surface area (Å²) in [5.74, 6) is -0.0981. The van der Waals surface area contributed by atoms with Crippen LogP contribution in [0.15, 0.2) is 56.1 Å². The van der Waals surface area contributed by atoms with Gasteiger partial charge in [0.1, 0.15) is 5.58 Å². The zero-order valence-electron chi connectivity index (χ0n) is 17.5. The molecule has 0 saturated heterocycles. The van der Waals surface area contributed by atoms with Gasteiger partial charge in [0.15, 0.2) is 5.43 Å². The number of benzene rings is 2. The summed E-state index contributed by atoms with van der Waals surface area (Å²) in [4.78, 5) is 30.9. The summed E-state index contributed by atoms with van der Waals surface area (Å²) in [7, 11) is 0. The van der Waals surface area contributed by atoms with Gasteiger partial charge in [0.05, 0.1) is 17.0 Å². The van der Waals surface area contributed by atoms with Crippen molar-refractivity contribution in [1.82, 2.24) is 9.80 Å². The Morgan fingerprint density at radius 1 is 1.10 bits per heavy atom. The first-order valence-electron chi connectivity index (χ1n) is 10.5. The van der Waals surface area contributed by atoms with Crippen molar-refractivity contribution < 1.29 is 9.21 Å². The lowest BCUT2D eigenvalue weighted by molar-refractivity contribution is 0.0720. The second-order valence-electron chi connectivity index (χ2n) is 7.65. The monoisotopic (exact) mass is 502 g/mol. The molecule has 2 heterocycles. The molecule has 1 amide bonds. The van der Waals surface area contributed by atoms with E-state index in [2.05, 4.69) is 34.7 Å². The van der Waals surface area contributed by atoms with Gasteiger partial charge in [0, 0.05) is 16.0 Å². The molecule has 7 heteroatoms. The summed E-state index contributed by atoms with van der Waals surface area (Å²) in [6, 6.07) is 12.1. The predicted molar refractivity (Wildman–Crippen MR) is 127 cm³/mol. The second-order valence-corrected chi connectivity index (χ2v) is 9.00. The standard InChI is InChI=1S/C24H24BrClN2O3/c1-3-27(4-2)12-5-13-28-21(15-6-9-17(26)10-7-15)20-22(29)18-14-16(25)8-11-19(18)31-23(20)24(28)30/h6-11,14,21H,3-5,12-13H2,1-2H3/t21-/m0/s1. The summed E-state index contributed by atoms with van der Waals surface area (Å²) in [6.45, 7) is 7.60. The van der Waals surface area contributed by atoms with Crippen LogP contribution >= 0.6 is 27.5 Å². The van der Waals surface area contributed by atoms with Gasteiger partial charge in [-0.2, -0.15) is 0 Å². The minimum Gasteiger partial charge on any atom is -0.450 e. The van der Waals surface area contributed by atoms with Crippen molar-refractivity contribution in [1.29, 1.82) is 0 Å². The zero-order valence-corrected chi connectivity index (χ0v) is 19.9. The molecule has 0 radical (unpaired) electrons. The van der Waals surface area contributed by atoms with E-state index in [-0.39, 0.29) is 17.1 Å². The van der Waals surface area contributed by atoms with Crippen molar-refractivity contribution in [2.24, 2.45) is 0 Å². The molecule has 1 aliphatic heterocycles. The SMILES string of the molecule is CCN(CC)CCCN1C(=O)c2oc3ccc(Br)cc3c(=O)c2[C@@H]1c1ccc(Cl)cc1. The molecule has 0 spiro atoms. The molecule has 2 aromatic carbocycles. The number of carbonyl (C=O) groups excluding carboxylic acids is 1. The van der Waals surface area contributed by atoms with E-state index in [1.54, 1.807) is 35.2 Å². The van der Waals surface area contributed by atoms with Gasteiger partial charge in [0.25, 0.3) is 5.91 Å². The van der Waals surface area contributed by atoms with E-state index < -0.39 is 6.04 Å². The number of rotatable bonds is 7. The Hall–Kier alpha value is -2.15. The highest BCUT2D eigenvalue weighted by Gasteiger charge is 2.42. The average molecular weight is 504 g/mol. The molecule has 0 bridgehead atoms. The Morgan fingerprint density at radius 3 is 2.48 bits per heavy atom. The third kappa shape index (κ3) is 4.16. The van der Waals surface area contributed by atoms with Crippen LogP contribution in [0, 0.1) is 0 Å². The lowest BCUT2D eigenvalue weighted by Gasteiger charge is -2.26. The number of halogens is 2. The van der Waals surface area contributed by atoms with Crippen LogP contribution in [0.4, 0.5) is 0 Å². The fourth-order valence-corrected chi connectivity index (χ4v) is 4.71. The molecule has 162 valence electrons. The van der Waals surface area contributed by atoms with Crippen LogP contribution in [0.2, 0.25) is 5.02 Å². The first-order chi connectivity index (χ1) is 14.9. The average Bonchev–Trinajstić information content (AvgIpc) is 3.04. The van der Waals surface area contributed by atoms with Gasteiger partial charge in [-0.15, -0.1) is 0 Å². The smallest absolute Gasteiger partial charge is 0.290 e. The summed E-state index contributed by atoms with van der Waals surface area (Å²) in [5, 5.41) is 1.07. The summed E-state index contributed by atoms with van der Waals surface area (Å²) >= 11 is 9.51. The van der Waals surface area contributed by atoms with Crippen molar-refractivity contribution in [3.8, 4) is 0 Å². The Morgan fingerprint density at radius 2 is 1.81 bits per heavy atom. The summed E-state index contributed by atoms with van der Waals surface area (Å²) < 4.78 is 6.77. The van der Waals surface area contributed by atoms with E-state index in [0.717, 1.165) is 36.1 Å². The minimum absolute atomic E-state index is 0.141. The molecule has 1 atom stereocenters. The van der Waals surface area contributed by atoms with Gasteiger partial charge >= 0.3 is 0 Å². The van der Waals surface area contributed by atoms with Gasteiger partial charge in [0.2, 0.25) is 5.76 Å². The van der Waals surface area contributed by atoms with Crippen molar-refractivity contribution in [3.05, 3.63) is 79.1 Å². The van der Waals surface area contributed by atoms with E-state index >= 15 is 0 Å². The quantitative estimate of drug-likeness (QED) is 0.428. The highest BCUT2D eigenvalue weighted by molar-refractivity contribution is 9.10. The van der Waals surface area contributed by atoms with E-state index in [1.807, 2.05) is 12.1 Å². The number of hydrogen-bond acceptors (Lipinski definition) is 4. The second kappa shape index (κ2) is 9.15. The largest absolute Gasteiger partial charge is 0.450 e. The molecule has 1 aromatic heterocycles. The molecule has 0 aliphatic carbocycles. The fraction of sp³-hybridized carbons (Fsp3) is 0.333. The molecular formula is C24H24BrClN2O3. The van der Waals surface area contributed by atoms with Gasteiger partial charge < -0.3 is 14.2 Å². The maximum absolute atomic E-state index is 13.5. The van der Waals surface area contributed by atoms with Crippen molar-refractivity contribution in [2.45, 2.75) is 26.3 Å². The molecule has 3 aromatic rings. The Kier molecular flexibility index (Phi) is 6.51. The number of carbonyl (C=O) groups is 1. The molecule has 5 nitrogen and oxygen atoms in total. The molecule has 31 heavy (non-hydrogen) atoms. The van der Waals surface area contributed by atoms with Crippen LogP contribution in [0.1, 0.15) is 48.0 Å². The number of nitrogens with zero attached hydrogens (tertiary/aromatic N) is 2. The first-order valence-corrected chi connectivity index (χ1v) is 11.7. The van der Waals surface area contributed by atoms with Gasteiger partial charge in [-0.05, 0) is 62.0 Å². The first kappa shape index (κ1) is 22.1. The number of fused-ring (bicyclic) bond motifs is 2. The van der Waals surface area contributed by atoms with E-state index in [0.29, 0.717) is 28.1 Å². The van der Waals surface area contributed by atoms with Gasteiger partial charge in [-0.1, -0.05) is 53.5 Å². The molecule has 4 rings (SSSR count). The zero-order chi connectivity index (χ0) is 22.1. The normalized spacial score (nSPS) is 15.8. The van der Waals surface area contributed by atoms with Crippen molar-refractivity contribution in [3.63, 3.8) is 0 Å². The third-order valence-corrected chi connectivity index (χ3v) is 6.63. The molecule has 0 unspecified atom stereocenters. The topological polar surface area (TPSA) is 53.8 Å². The van der Waals surface area contributed by atoms with Gasteiger partial charge in [-0.25, -0.2) is 0 Å². The highest BCUT2D eigenvalue weighted by Crippen LogP contribution is 2.38. The molecular weight excluding hydrogens is 480 g/mol. The number of amides is 1. The molecule has 0 fully saturated rings. The van der Waals surface area contributed by atoms with Crippen LogP contribution < -0.4 is 5.43 Å². The van der Waals surface area contributed by atoms with Crippen molar-refractivity contribution in [2.75, 3.05) is 26.2 Å². The Bertz CT molecular complexity index is 1170. The lowest BCUT2D eigenvalue weighted by atomic mass is 9.98. The van der Waals surface area contributed by atoms with Crippen LogP contribution in [-0.4, -0.2) is 41.9 Å². The van der Waals surface area contributed by atoms with Crippen LogP contribution in [-0.2, 0) is 0 Å². The highest BCUT2D eigenvalue weighted by atomic mass is 79.9. The summed E-state index contributed by atoms with van der Waals surface area (Å²) in [5.41, 5.74) is 1.50. The molecule has 1 aliphatic rings. The third-order valence-electron chi connectivity index (χ3n) is 5.88. The maximum Gasteiger partial charge on any atom is 0.290 e. The number of hydrogen-bond donors (Lipinski definition) is 0. The maximum atomic E-state index is 13.5. The van der Waals surface area contributed by atoms with Gasteiger partial charge in [-0.3, -0.25) is 9.59 Å². The lowest BCUT2D eigenvalue weighted by Crippen LogP contribution is -2.33. The predicted octanol–water partition coefficient (Wildman–Crippen LogP) is 5.49. The van der Waals surface area contributed by atoms with Crippen molar-refractivity contribution >= 4 is 44.4 Å². The van der Waals surface area contributed by atoms with E-state index in [9.17, 15) is 9.59 Å². The molecule has 0 saturated carbocycles. The minimum atomic E-state index is -0.490. The van der Waals surface area contributed by atoms with E-state index in [1.165, 1.54) is 0 Å². The molecule has 0 N–H and O–H groups in total. The Balaban J connectivity index is 1.80. The van der Waals surface area contributed by atoms with Crippen LogP contribution in [0.5, 0.6) is 0 Å². The fourth-order valence-electron chi connectivity index (χ4n) is 4.22. The van der Waals surface area contributed by atoms with Crippen LogP contribution in [0.25, 0.3) is 11.0 Å².